The van der Waals surface area contributed by atoms with E-state index in [0.717, 1.165) is 31.7 Å². The van der Waals surface area contributed by atoms with Crippen LogP contribution in [0.4, 0.5) is 11.4 Å². The van der Waals surface area contributed by atoms with Gasteiger partial charge in [-0.25, -0.2) is 4.79 Å². The van der Waals surface area contributed by atoms with Gasteiger partial charge in [-0.15, -0.1) is 0 Å². The lowest BCUT2D eigenvalue weighted by Crippen LogP contribution is -2.31. The number of nitrogens with one attached hydrogen (secondary N) is 1. The van der Waals surface area contributed by atoms with Crippen molar-refractivity contribution in [3.63, 3.8) is 0 Å². The smallest absolute Gasteiger partial charge is 0.337 e. The van der Waals surface area contributed by atoms with Gasteiger partial charge in [0.25, 0.3) is 0 Å². The van der Waals surface area contributed by atoms with Crippen molar-refractivity contribution in [2.24, 2.45) is 5.92 Å². The number of carbonyl (C=O) groups excluding carboxylic acids is 1. The molecule has 5 nitrogen and oxygen atoms in total. The summed E-state index contributed by atoms with van der Waals surface area (Å²) in [6, 6.07) is 5.52. The Kier molecular flexibility index (Phi) is 4.84. The van der Waals surface area contributed by atoms with Crippen LogP contribution in [0, 0.1) is 5.92 Å². The first-order valence-corrected chi connectivity index (χ1v) is 6.94. The molecular formula is C15H22N2O3. The lowest BCUT2D eigenvalue weighted by Gasteiger charge is -2.29. The third-order valence-electron chi connectivity index (χ3n) is 3.83. The van der Waals surface area contributed by atoms with E-state index in [1.165, 1.54) is 7.11 Å². The van der Waals surface area contributed by atoms with Gasteiger partial charge in [0.05, 0.1) is 24.0 Å². The molecule has 1 heterocycles. The van der Waals surface area contributed by atoms with Gasteiger partial charge in [0, 0.05) is 19.3 Å². The van der Waals surface area contributed by atoms with E-state index in [9.17, 15) is 4.79 Å². The summed E-state index contributed by atoms with van der Waals surface area (Å²) in [7, 11) is 1.36. The van der Waals surface area contributed by atoms with Crippen molar-refractivity contribution in [1.82, 2.24) is 0 Å². The number of esters is 1. The van der Waals surface area contributed by atoms with Crippen LogP contribution >= 0.6 is 0 Å². The molecule has 0 amide bonds. The van der Waals surface area contributed by atoms with Crippen LogP contribution in [0.2, 0.25) is 0 Å². The second kappa shape index (κ2) is 6.61. The fourth-order valence-electron chi connectivity index (χ4n) is 2.52. The topological polar surface area (TPSA) is 73.6 Å². The molecule has 20 heavy (non-hydrogen) atoms. The number of nitrogen functional groups attached to an aromatic ring is 1. The first-order valence-electron chi connectivity index (χ1n) is 6.94. The first kappa shape index (κ1) is 14.7. The van der Waals surface area contributed by atoms with Gasteiger partial charge in [0.15, 0.2) is 0 Å². The van der Waals surface area contributed by atoms with Crippen molar-refractivity contribution in [3.05, 3.63) is 23.8 Å². The second-order valence-corrected chi connectivity index (χ2v) is 5.18. The number of ether oxygens (including phenoxy) is 2. The minimum absolute atomic E-state index is 0.324. The molecule has 1 unspecified atom stereocenters. The van der Waals surface area contributed by atoms with Gasteiger partial charge in [-0.1, -0.05) is 0 Å². The Balaban J connectivity index is 2.03. The highest BCUT2D eigenvalue weighted by atomic mass is 16.5. The first-order chi connectivity index (χ1) is 9.61. The Labute approximate surface area is 119 Å². The quantitative estimate of drug-likeness (QED) is 0.653. The third-order valence-corrected chi connectivity index (χ3v) is 3.83. The molecule has 5 heteroatoms. The maximum absolute atomic E-state index is 11.4. The van der Waals surface area contributed by atoms with Crippen LogP contribution in [0.5, 0.6) is 0 Å². The average Bonchev–Trinajstić information content (AvgIpc) is 2.49. The summed E-state index contributed by atoms with van der Waals surface area (Å²) in [5.74, 6) is 0.212. The monoisotopic (exact) mass is 278 g/mol. The number of rotatable bonds is 4. The van der Waals surface area contributed by atoms with E-state index in [0.29, 0.717) is 23.2 Å². The number of methoxy groups -OCH3 is 1. The normalized spacial score (nSPS) is 17.5. The molecular weight excluding hydrogens is 256 g/mol. The molecule has 1 aliphatic rings. The minimum Gasteiger partial charge on any atom is -0.465 e. The lowest BCUT2D eigenvalue weighted by atomic mass is 9.92. The Morgan fingerprint density at radius 2 is 2.15 bits per heavy atom. The highest BCUT2D eigenvalue weighted by Gasteiger charge is 2.21. The fraction of sp³-hybridized carbons (Fsp3) is 0.533. The molecule has 0 aromatic heterocycles. The summed E-state index contributed by atoms with van der Waals surface area (Å²) in [6.07, 6.45) is 2.13. The van der Waals surface area contributed by atoms with E-state index in [1.807, 2.05) is 6.07 Å². The van der Waals surface area contributed by atoms with Crippen molar-refractivity contribution < 1.29 is 14.3 Å². The molecule has 0 bridgehead atoms. The standard InChI is InChI=1S/C15H22N2O3/c1-10(11-5-7-20-8-6-11)17-14-4-3-12(9-13(14)16)15(18)19-2/h3-4,9-11,17H,5-8,16H2,1-2H3. The molecule has 0 radical (unpaired) electrons. The number of hydrogen-bond donors (Lipinski definition) is 2. The summed E-state index contributed by atoms with van der Waals surface area (Å²) in [5.41, 5.74) is 7.88. The Morgan fingerprint density at radius 3 is 2.75 bits per heavy atom. The van der Waals surface area contributed by atoms with Gasteiger partial charge in [0.2, 0.25) is 0 Å². The molecule has 0 aliphatic carbocycles. The van der Waals surface area contributed by atoms with E-state index >= 15 is 0 Å². The third kappa shape index (κ3) is 3.42. The summed E-state index contributed by atoms with van der Waals surface area (Å²) >= 11 is 0. The Bertz CT molecular complexity index is 470. The lowest BCUT2D eigenvalue weighted by molar-refractivity contribution is 0.0600. The van der Waals surface area contributed by atoms with Gasteiger partial charge in [-0.05, 0) is 43.9 Å². The molecule has 1 aromatic carbocycles. The van der Waals surface area contributed by atoms with Crippen molar-refractivity contribution in [1.29, 1.82) is 0 Å². The zero-order valence-electron chi connectivity index (χ0n) is 12.0. The highest BCUT2D eigenvalue weighted by Crippen LogP contribution is 2.26. The van der Waals surface area contributed by atoms with Crippen molar-refractivity contribution in [3.8, 4) is 0 Å². The summed E-state index contributed by atoms with van der Waals surface area (Å²) in [5, 5.41) is 3.43. The molecule has 0 saturated carbocycles. The van der Waals surface area contributed by atoms with Crippen LogP contribution in [-0.4, -0.2) is 32.3 Å². The molecule has 0 spiro atoms. The molecule has 1 saturated heterocycles. The van der Waals surface area contributed by atoms with Gasteiger partial charge in [-0.2, -0.15) is 0 Å². The largest absolute Gasteiger partial charge is 0.465 e. The van der Waals surface area contributed by atoms with Gasteiger partial charge in [-0.3, -0.25) is 0 Å². The maximum atomic E-state index is 11.4. The molecule has 1 aliphatic heterocycles. The number of carbonyl (C=O) groups is 1. The van der Waals surface area contributed by atoms with Crippen molar-refractivity contribution in [2.75, 3.05) is 31.4 Å². The molecule has 1 aromatic rings. The van der Waals surface area contributed by atoms with Gasteiger partial charge in [0.1, 0.15) is 0 Å². The van der Waals surface area contributed by atoms with E-state index in [4.69, 9.17) is 10.5 Å². The Hall–Kier alpha value is -1.75. The minimum atomic E-state index is -0.374. The number of hydrogen-bond acceptors (Lipinski definition) is 5. The number of benzene rings is 1. The van der Waals surface area contributed by atoms with Crippen LogP contribution in [0.15, 0.2) is 18.2 Å². The fourth-order valence-corrected chi connectivity index (χ4v) is 2.52. The van der Waals surface area contributed by atoms with Crippen LogP contribution in [0.1, 0.15) is 30.1 Å². The zero-order chi connectivity index (χ0) is 14.5. The van der Waals surface area contributed by atoms with Crippen molar-refractivity contribution in [2.45, 2.75) is 25.8 Å². The molecule has 110 valence electrons. The number of nitrogens with two attached hydrogens (primary N) is 1. The van der Waals surface area contributed by atoms with E-state index in [1.54, 1.807) is 12.1 Å². The number of anilines is 2. The molecule has 1 fully saturated rings. The summed E-state index contributed by atoms with van der Waals surface area (Å²) < 4.78 is 10.1. The van der Waals surface area contributed by atoms with E-state index in [-0.39, 0.29) is 5.97 Å². The SMILES string of the molecule is COC(=O)c1ccc(NC(C)C2CCOCC2)c(N)c1. The second-order valence-electron chi connectivity index (χ2n) is 5.18. The summed E-state index contributed by atoms with van der Waals surface area (Å²) in [6.45, 7) is 3.81. The molecule has 2 rings (SSSR count). The van der Waals surface area contributed by atoms with Crippen molar-refractivity contribution >= 4 is 17.3 Å². The van der Waals surface area contributed by atoms with Crippen LogP contribution in [-0.2, 0) is 9.47 Å². The van der Waals surface area contributed by atoms with Gasteiger partial charge >= 0.3 is 5.97 Å². The highest BCUT2D eigenvalue weighted by molar-refractivity contribution is 5.91. The maximum Gasteiger partial charge on any atom is 0.337 e. The predicted octanol–water partition coefficient (Wildman–Crippen LogP) is 2.28. The zero-order valence-corrected chi connectivity index (χ0v) is 12.0. The van der Waals surface area contributed by atoms with Crippen LogP contribution in [0.3, 0.4) is 0 Å². The van der Waals surface area contributed by atoms with E-state index in [2.05, 4.69) is 17.0 Å². The molecule has 1 atom stereocenters. The van der Waals surface area contributed by atoms with E-state index < -0.39 is 0 Å². The van der Waals surface area contributed by atoms with Crippen LogP contribution < -0.4 is 11.1 Å². The summed E-state index contributed by atoms with van der Waals surface area (Å²) in [4.78, 5) is 11.4. The van der Waals surface area contributed by atoms with Gasteiger partial charge < -0.3 is 20.5 Å². The molecule has 3 N–H and O–H groups in total. The Morgan fingerprint density at radius 1 is 1.45 bits per heavy atom. The van der Waals surface area contributed by atoms with Crippen LogP contribution in [0.25, 0.3) is 0 Å². The average molecular weight is 278 g/mol. The predicted molar refractivity (Wildman–Crippen MR) is 78.8 cm³/mol.